The van der Waals surface area contributed by atoms with Crippen LogP contribution in [-0.2, 0) is 0 Å². The number of hydrogen-bond donors (Lipinski definition) is 0. The van der Waals surface area contributed by atoms with Crippen molar-refractivity contribution >= 4 is 0 Å². The van der Waals surface area contributed by atoms with Crippen molar-refractivity contribution in [2.24, 2.45) is 5.92 Å². The normalized spacial score (nSPS) is 39.8. The maximum Gasteiger partial charge on any atom is 0.0117 e. The molecule has 11 heavy (non-hydrogen) atoms. The minimum absolute atomic E-state index is 0.829. The Kier molecular flexibility index (Phi) is 1.90. The Hall–Kier alpha value is -0.0800. The second-order valence-corrected chi connectivity index (χ2v) is 4.09. The first kappa shape index (κ1) is 7.56. The van der Waals surface area contributed by atoms with Gasteiger partial charge in [-0.05, 0) is 39.4 Å². The topological polar surface area (TPSA) is 6.48 Å². The first-order chi connectivity index (χ1) is 5.27. The van der Waals surface area contributed by atoms with E-state index in [4.69, 9.17) is 0 Å². The molecule has 0 bridgehead atoms. The van der Waals surface area contributed by atoms with Gasteiger partial charge in [0.15, 0.2) is 0 Å². The number of nitrogens with zero attached hydrogens (tertiary/aromatic N) is 2. The van der Waals surface area contributed by atoms with E-state index < -0.39 is 0 Å². The molecule has 0 aromatic heterocycles. The lowest BCUT2D eigenvalue weighted by molar-refractivity contribution is 0.0130. The first-order valence-electron chi connectivity index (χ1n) is 4.70. The quantitative estimate of drug-likeness (QED) is 0.576. The predicted molar refractivity (Wildman–Crippen MR) is 46.6 cm³/mol. The molecule has 2 aliphatic rings. The van der Waals surface area contributed by atoms with Crippen LogP contribution in [0, 0.1) is 5.92 Å². The van der Waals surface area contributed by atoms with Crippen molar-refractivity contribution in [3.05, 3.63) is 0 Å². The third-order valence-electron chi connectivity index (χ3n) is 3.34. The van der Waals surface area contributed by atoms with Gasteiger partial charge in [-0.15, -0.1) is 0 Å². The van der Waals surface area contributed by atoms with Crippen molar-refractivity contribution in [3.8, 4) is 0 Å². The van der Waals surface area contributed by atoms with Crippen molar-refractivity contribution in [2.75, 3.05) is 33.2 Å². The van der Waals surface area contributed by atoms with Gasteiger partial charge in [-0.2, -0.15) is 0 Å². The molecular weight excluding hydrogens is 136 g/mol. The first-order valence-corrected chi connectivity index (χ1v) is 4.70. The summed E-state index contributed by atoms with van der Waals surface area (Å²) in [6, 6.07) is 0.829. The third kappa shape index (κ3) is 1.30. The van der Waals surface area contributed by atoms with Gasteiger partial charge in [-0.25, -0.2) is 0 Å². The lowest BCUT2D eigenvalue weighted by Gasteiger charge is -2.47. The molecule has 64 valence electrons. The van der Waals surface area contributed by atoms with E-state index in [9.17, 15) is 0 Å². The van der Waals surface area contributed by atoms with E-state index in [1.165, 1.54) is 32.6 Å². The molecule has 0 radical (unpaired) electrons. The molecule has 2 heteroatoms. The summed E-state index contributed by atoms with van der Waals surface area (Å²) in [6.07, 6.45) is 1.43. The van der Waals surface area contributed by atoms with Gasteiger partial charge in [-0.3, -0.25) is 0 Å². The molecule has 0 N–H and O–H groups in total. The molecule has 0 saturated carbocycles. The summed E-state index contributed by atoms with van der Waals surface area (Å²) in [5.41, 5.74) is 0. The van der Waals surface area contributed by atoms with Gasteiger partial charge in [-0.1, -0.05) is 0 Å². The minimum atomic E-state index is 0.829. The molecule has 2 saturated heterocycles. The fourth-order valence-electron chi connectivity index (χ4n) is 2.02. The lowest BCUT2D eigenvalue weighted by Crippen LogP contribution is -2.57. The fraction of sp³-hybridized carbons (Fsp3) is 1.00. The van der Waals surface area contributed by atoms with E-state index >= 15 is 0 Å². The van der Waals surface area contributed by atoms with Crippen molar-refractivity contribution in [1.29, 1.82) is 0 Å². The SMILES string of the molecule is CC1C(CN2CCC2)CN1C. The largest absolute Gasteiger partial charge is 0.303 e. The maximum absolute atomic E-state index is 2.58. The van der Waals surface area contributed by atoms with Crippen LogP contribution in [0.1, 0.15) is 13.3 Å². The van der Waals surface area contributed by atoms with E-state index in [2.05, 4.69) is 23.8 Å². The monoisotopic (exact) mass is 154 g/mol. The van der Waals surface area contributed by atoms with Crippen LogP contribution in [-0.4, -0.2) is 49.1 Å². The fourth-order valence-corrected chi connectivity index (χ4v) is 2.02. The van der Waals surface area contributed by atoms with Crippen LogP contribution in [0.15, 0.2) is 0 Å². The molecule has 2 aliphatic heterocycles. The van der Waals surface area contributed by atoms with Crippen LogP contribution in [0.25, 0.3) is 0 Å². The second kappa shape index (κ2) is 2.76. The molecule has 2 atom stereocenters. The zero-order valence-corrected chi connectivity index (χ0v) is 7.58. The van der Waals surface area contributed by atoms with Crippen molar-refractivity contribution in [1.82, 2.24) is 9.80 Å². The second-order valence-electron chi connectivity index (χ2n) is 4.09. The summed E-state index contributed by atoms with van der Waals surface area (Å²) in [6.45, 7) is 7.72. The summed E-state index contributed by atoms with van der Waals surface area (Å²) in [5, 5.41) is 0. The number of rotatable bonds is 2. The van der Waals surface area contributed by atoms with Crippen LogP contribution in [0.3, 0.4) is 0 Å². The predicted octanol–water partition coefficient (Wildman–Crippen LogP) is 0.642. The molecule has 0 aromatic carbocycles. The Bertz CT molecular complexity index is 142. The van der Waals surface area contributed by atoms with Crippen molar-refractivity contribution in [3.63, 3.8) is 0 Å². The van der Waals surface area contributed by atoms with Crippen LogP contribution < -0.4 is 0 Å². The molecule has 0 spiro atoms. The van der Waals surface area contributed by atoms with Crippen LogP contribution in [0.2, 0.25) is 0 Å². The summed E-state index contributed by atoms with van der Waals surface area (Å²) in [7, 11) is 2.22. The van der Waals surface area contributed by atoms with Gasteiger partial charge in [0.1, 0.15) is 0 Å². The third-order valence-corrected chi connectivity index (χ3v) is 3.34. The van der Waals surface area contributed by atoms with Crippen molar-refractivity contribution in [2.45, 2.75) is 19.4 Å². The van der Waals surface area contributed by atoms with Gasteiger partial charge in [0, 0.05) is 19.1 Å². The molecule has 2 unspecified atom stereocenters. The highest BCUT2D eigenvalue weighted by Gasteiger charge is 2.34. The molecule has 2 rings (SSSR count). The highest BCUT2D eigenvalue weighted by atomic mass is 15.2. The van der Waals surface area contributed by atoms with Crippen LogP contribution in [0.4, 0.5) is 0 Å². The van der Waals surface area contributed by atoms with E-state index in [1.807, 2.05) is 0 Å². The zero-order chi connectivity index (χ0) is 7.84. The summed E-state index contributed by atoms with van der Waals surface area (Å²) in [4.78, 5) is 5.01. The van der Waals surface area contributed by atoms with Gasteiger partial charge in [0.25, 0.3) is 0 Å². The summed E-state index contributed by atoms with van der Waals surface area (Å²) < 4.78 is 0. The van der Waals surface area contributed by atoms with E-state index in [0.29, 0.717) is 0 Å². The van der Waals surface area contributed by atoms with Crippen molar-refractivity contribution < 1.29 is 0 Å². The Morgan fingerprint density at radius 3 is 2.45 bits per heavy atom. The standard InChI is InChI=1S/C9H18N2/c1-8-9(6-10(8)2)7-11-4-3-5-11/h8-9H,3-7H2,1-2H3. The molecule has 2 heterocycles. The van der Waals surface area contributed by atoms with E-state index in [-0.39, 0.29) is 0 Å². The molecular formula is C9H18N2. The van der Waals surface area contributed by atoms with Gasteiger partial charge in [0.05, 0.1) is 0 Å². The van der Waals surface area contributed by atoms with Gasteiger partial charge >= 0.3 is 0 Å². The number of hydrogen-bond acceptors (Lipinski definition) is 2. The summed E-state index contributed by atoms with van der Waals surface area (Å²) in [5.74, 6) is 0.959. The molecule has 2 nitrogen and oxygen atoms in total. The average Bonchev–Trinajstić information content (AvgIpc) is 1.93. The zero-order valence-electron chi connectivity index (χ0n) is 7.58. The molecule has 0 aliphatic carbocycles. The Morgan fingerprint density at radius 2 is 2.09 bits per heavy atom. The Labute approximate surface area is 69.2 Å². The molecule has 0 amide bonds. The smallest absolute Gasteiger partial charge is 0.0117 e. The van der Waals surface area contributed by atoms with Gasteiger partial charge in [0.2, 0.25) is 0 Å². The van der Waals surface area contributed by atoms with E-state index in [0.717, 1.165) is 12.0 Å². The Balaban J connectivity index is 1.71. The average molecular weight is 154 g/mol. The lowest BCUT2D eigenvalue weighted by atomic mass is 9.89. The van der Waals surface area contributed by atoms with Crippen LogP contribution >= 0.6 is 0 Å². The minimum Gasteiger partial charge on any atom is -0.303 e. The molecule has 2 fully saturated rings. The highest BCUT2D eigenvalue weighted by molar-refractivity contribution is 4.89. The maximum atomic E-state index is 2.58. The summed E-state index contributed by atoms with van der Waals surface area (Å²) >= 11 is 0. The van der Waals surface area contributed by atoms with Crippen LogP contribution in [0.5, 0.6) is 0 Å². The number of likely N-dealkylation sites (tertiary alicyclic amines) is 2. The Morgan fingerprint density at radius 1 is 1.36 bits per heavy atom. The van der Waals surface area contributed by atoms with Gasteiger partial charge < -0.3 is 9.80 Å². The van der Waals surface area contributed by atoms with E-state index in [1.54, 1.807) is 0 Å². The highest BCUT2D eigenvalue weighted by Crippen LogP contribution is 2.24. The molecule has 0 aromatic rings.